The number of allylic oxidation sites excluding steroid dienone is 1. The first kappa shape index (κ1) is 10.2. The lowest BCUT2D eigenvalue weighted by Crippen LogP contribution is -1.94. The van der Waals surface area contributed by atoms with Crippen LogP contribution in [-0.2, 0) is 0 Å². The van der Waals surface area contributed by atoms with Gasteiger partial charge in [0, 0.05) is 13.0 Å². The third-order valence-corrected chi connectivity index (χ3v) is 2.11. The molecule has 80 valence electrons. The van der Waals surface area contributed by atoms with Crippen molar-refractivity contribution in [3.63, 3.8) is 0 Å². The molecule has 0 N–H and O–H groups in total. The zero-order valence-corrected chi connectivity index (χ0v) is 8.62. The molecule has 0 saturated carbocycles. The van der Waals surface area contributed by atoms with Gasteiger partial charge in [-0.15, -0.1) is 0 Å². The summed E-state index contributed by atoms with van der Waals surface area (Å²) in [6.07, 6.45) is 2.93. The maximum atomic E-state index is 10.5. The third kappa shape index (κ3) is 2.03. The molecule has 2 rings (SSSR count). The number of nitrogens with zero attached hydrogens (tertiary/aromatic N) is 3. The van der Waals surface area contributed by atoms with E-state index in [9.17, 15) is 10.1 Å². The van der Waals surface area contributed by atoms with Crippen LogP contribution in [0.15, 0.2) is 36.2 Å². The van der Waals surface area contributed by atoms with Crippen LogP contribution in [0.2, 0.25) is 0 Å². The zero-order chi connectivity index (χ0) is 11.5. The summed E-state index contributed by atoms with van der Waals surface area (Å²) in [6, 6.07) is 7.39. The molecule has 0 bridgehead atoms. The summed E-state index contributed by atoms with van der Waals surface area (Å²) in [5.74, 6) is 0. The average molecular weight is 215 g/mol. The van der Waals surface area contributed by atoms with Crippen LogP contribution < -0.4 is 0 Å². The second-order valence-electron chi connectivity index (χ2n) is 3.33. The van der Waals surface area contributed by atoms with E-state index in [0.717, 1.165) is 11.0 Å². The number of benzene rings is 1. The molecule has 0 fully saturated rings. The Hall–Kier alpha value is -2.30. The quantitative estimate of drug-likeness (QED) is 0.569. The largest absolute Gasteiger partial charge is 0.259 e. The first-order valence-electron chi connectivity index (χ1n) is 4.71. The first-order valence-corrected chi connectivity index (χ1v) is 4.71. The average Bonchev–Trinajstić information content (AvgIpc) is 2.28. The Morgan fingerprint density at radius 1 is 1.38 bits per heavy atom. The molecule has 1 aromatic carbocycles. The Morgan fingerprint density at radius 2 is 2.06 bits per heavy atom. The van der Waals surface area contributed by atoms with Crippen LogP contribution in [0.3, 0.4) is 0 Å². The molecule has 2 aromatic rings. The van der Waals surface area contributed by atoms with Gasteiger partial charge in [-0.25, -0.2) is 4.98 Å². The fourth-order valence-electron chi connectivity index (χ4n) is 1.31. The van der Waals surface area contributed by atoms with Crippen molar-refractivity contribution in [3.8, 4) is 0 Å². The Morgan fingerprint density at radius 3 is 2.75 bits per heavy atom. The van der Waals surface area contributed by atoms with Crippen molar-refractivity contribution < 1.29 is 4.92 Å². The molecule has 16 heavy (non-hydrogen) atoms. The summed E-state index contributed by atoms with van der Waals surface area (Å²) in [5.41, 5.74) is 2.04. The molecule has 5 nitrogen and oxygen atoms in total. The highest BCUT2D eigenvalue weighted by atomic mass is 16.6. The van der Waals surface area contributed by atoms with Crippen molar-refractivity contribution >= 4 is 17.1 Å². The summed E-state index contributed by atoms with van der Waals surface area (Å²) < 4.78 is 0. The number of hydrogen-bond acceptors (Lipinski definition) is 4. The topological polar surface area (TPSA) is 68.9 Å². The number of para-hydroxylation sites is 2. The SMILES string of the molecule is CC(=Cc1cnc2ccccc2n1)[N+](=O)[O-]. The van der Waals surface area contributed by atoms with Crippen molar-refractivity contribution in [2.75, 3.05) is 0 Å². The number of nitro groups is 1. The van der Waals surface area contributed by atoms with Gasteiger partial charge in [0.2, 0.25) is 5.70 Å². The standard InChI is InChI=1S/C11H9N3O2/c1-8(14(15)16)6-9-7-12-10-4-2-3-5-11(10)13-9/h2-7H,1H3. The van der Waals surface area contributed by atoms with Gasteiger partial charge in [0.25, 0.3) is 0 Å². The highest BCUT2D eigenvalue weighted by Crippen LogP contribution is 2.10. The molecule has 0 saturated heterocycles. The molecule has 0 aliphatic rings. The minimum Gasteiger partial charge on any atom is -0.259 e. The number of aromatic nitrogens is 2. The zero-order valence-electron chi connectivity index (χ0n) is 8.62. The van der Waals surface area contributed by atoms with Crippen LogP contribution >= 0.6 is 0 Å². The minimum absolute atomic E-state index is 0.0459. The van der Waals surface area contributed by atoms with Crippen molar-refractivity contribution in [2.24, 2.45) is 0 Å². The molecule has 0 unspecified atom stereocenters. The van der Waals surface area contributed by atoms with Crippen molar-refractivity contribution in [3.05, 3.63) is 52.0 Å². The Bertz CT molecular complexity index is 578. The Balaban J connectivity index is 2.47. The number of fused-ring (bicyclic) bond motifs is 1. The minimum atomic E-state index is -0.448. The van der Waals surface area contributed by atoms with E-state index >= 15 is 0 Å². The fraction of sp³-hybridized carbons (Fsp3) is 0.0909. The van der Waals surface area contributed by atoms with Crippen molar-refractivity contribution in [2.45, 2.75) is 6.92 Å². The summed E-state index contributed by atoms with van der Waals surface area (Å²) >= 11 is 0. The predicted molar refractivity (Wildman–Crippen MR) is 60.2 cm³/mol. The molecule has 0 aliphatic heterocycles. The van der Waals surface area contributed by atoms with Gasteiger partial charge in [-0.3, -0.25) is 15.1 Å². The lowest BCUT2D eigenvalue weighted by atomic mass is 10.3. The van der Waals surface area contributed by atoms with Gasteiger partial charge in [0.15, 0.2) is 0 Å². The third-order valence-electron chi connectivity index (χ3n) is 2.11. The van der Waals surface area contributed by atoms with E-state index < -0.39 is 4.92 Å². The number of hydrogen-bond donors (Lipinski definition) is 0. The smallest absolute Gasteiger partial charge is 0.245 e. The molecule has 0 spiro atoms. The maximum Gasteiger partial charge on any atom is 0.245 e. The molecule has 5 heteroatoms. The molecule has 0 radical (unpaired) electrons. The van der Waals surface area contributed by atoms with Crippen LogP contribution in [0.1, 0.15) is 12.6 Å². The van der Waals surface area contributed by atoms with Crippen LogP contribution in [0, 0.1) is 10.1 Å². The van der Waals surface area contributed by atoms with Crippen molar-refractivity contribution in [1.82, 2.24) is 9.97 Å². The first-order chi connectivity index (χ1) is 7.66. The Labute approximate surface area is 91.6 Å². The van der Waals surface area contributed by atoms with E-state index in [-0.39, 0.29) is 5.70 Å². The van der Waals surface area contributed by atoms with Gasteiger partial charge in [-0.05, 0) is 12.1 Å². The van der Waals surface area contributed by atoms with E-state index in [0.29, 0.717) is 5.69 Å². The van der Waals surface area contributed by atoms with Gasteiger partial charge in [-0.1, -0.05) is 12.1 Å². The monoisotopic (exact) mass is 215 g/mol. The Kier molecular flexibility index (Phi) is 2.59. The van der Waals surface area contributed by atoms with Gasteiger partial charge >= 0.3 is 0 Å². The molecule has 1 heterocycles. The van der Waals surface area contributed by atoms with Crippen LogP contribution in [-0.4, -0.2) is 14.9 Å². The molecular weight excluding hydrogens is 206 g/mol. The lowest BCUT2D eigenvalue weighted by molar-refractivity contribution is -0.422. The van der Waals surface area contributed by atoms with E-state index in [1.54, 1.807) is 0 Å². The van der Waals surface area contributed by atoms with E-state index in [1.807, 2.05) is 24.3 Å². The predicted octanol–water partition coefficient (Wildman–Crippen LogP) is 2.27. The highest BCUT2D eigenvalue weighted by molar-refractivity contribution is 5.74. The molecule has 0 aliphatic carbocycles. The van der Waals surface area contributed by atoms with Crippen molar-refractivity contribution in [1.29, 1.82) is 0 Å². The normalized spacial score (nSPS) is 11.7. The molecule has 1 aromatic heterocycles. The maximum absolute atomic E-state index is 10.5. The fourth-order valence-corrected chi connectivity index (χ4v) is 1.31. The van der Waals surface area contributed by atoms with Gasteiger partial charge in [-0.2, -0.15) is 0 Å². The molecular formula is C11H9N3O2. The second-order valence-corrected chi connectivity index (χ2v) is 3.33. The second kappa shape index (κ2) is 4.06. The van der Waals surface area contributed by atoms with Crippen LogP contribution in [0.25, 0.3) is 17.1 Å². The number of rotatable bonds is 2. The van der Waals surface area contributed by atoms with Gasteiger partial charge < -0.3 is 0 Å². The van der Waals surface area contributed by atoms with E-state index in [2.05, 4.69) is 9.97 Å². The molecule has 0 amide bonds. The summed E-state index contributed by atoms with van der Waals surface area (Å²) in [5, 5.41) is 10.5. The van der Waals surface area contributed by atoms with Gasteiger partial charge in [0.05, 0.1) is 27.8 Å². The van der Waals surface area contributed by atoms with Gasteiger partial charge in [0.1, 0.15) is 0 Å². The summed E-state index contributed by atoms with van der Waals surface area (Å²) in [7, 11) is 0. The van der Waals surface area contributed by atoms with E-state index in [4.69, 9.17) is 0 Å². The van der Waals surface area contributed by atoms with Crippen LogP contribution in [0.4, 0.5) is 0 Å². The highest BCUT2D eigenvalue weighted by Gasteiger charge is 2.03. The van der Waals surface area contributed by atoms with Crippen LogP contribution in [0.5, 0.6) is 0 Å². The summed E-state index contributed by atoms with van der Waals surface area (Å²) in [4.78, 5) is 18.4. The lowest BCUT2D eigenvalue weighted by Gasteiger charge is -1.97. The molecule has 0 atom stereocenters. The van der Waals surface area contributed by atoms with E-state index in [1.165, 1.54) is 19.2 Å². The summed E-state index contributed by atoms with van der Waals surface area (Å²) in [6.45, 7) is 1.43.